The summed E-state index contributed by atoms with van der Waals surface area (Å²) >= 11 is 1.37. The number of fused-ring (bicyclic) bond motifs is 1. The van der Waals surface area contributed by atoms with E-state index in [9.17, 15) is 4.79 Å². The van der Waals surface area contributed by atoms with Crippen molar-refractivity contribution in [2.24, 2.45) is 0 Å². The molecule has 2 N–H and O–H groups in total. The van der Waals surface area contributed by atoms with E-state index in [2.05, 4.69) is 45.6 Å². The van der Waals surface area contributed by atoms with Crippen molar-refractivity contribution < 1.29 is 9.53 Å². The molecule has 31 heavy (non-hydrogen) atoms. The Kier molecular flexibility index (Phi) is 6.27. The van der Waals surface area contributed by atoms with Crippen molar-refractivity contribution in [2.75, 3.05) is 19.4 Å². The molecule has 2 aromatic carbocycles. The molecule has 8 heteroatoms. The first-order valence-electron chi connectivity index (χ1n) is 10.1. The van der Waals surface area contributed by atoms with Gasteiger partial charge in [0, 0.05) is 29.7 Å². The van der Waals surface area contributed by atoms with Crippen LogP contribution < -0.4 is 10.1 Å². The number of nitrogens with zero attached hydrogens (tertiary/aromatic N) is 3. The average Bonchev–Trinajstić information content (AvgIpc) is 3.35. The summed E-state index contributed by atoms with van der Waals surface area (Å²) in [7, 11) is 1.63. The van der Waals surface area contributed by atoms with Gasteiger partial charge in [-0.1, -0.05) is 30.0 Å². The van der Waals surface area contributed by atoms with Crippen LogP contribution in [0.5, 0.6) is 5.75 Å². The third-order valence-electron chi connectivity index (χ3n) is 5.08. The highest BCUT2D eigenvalue weighted by molar-refractivity contribution is 7.99. The normalized spacial score (nSPS) is 11.1. The van der Waals surface area contributed by atoms with Crippen LogP contribution >= 0.6 is 11.8 Å². The van der Waals surface area contributed by atoms with Gasteiger partial charge in [0.05, 0.1) is 18.6 Å². The Morgan fingerprint density at radius 3 is 2.90 bits per heavy atom. The molecule has 0 saturated carbocycles. The molecule has 160 valence electrons. The topological polar surface area (TPSA) is 84.8 Å². The minimum atomic E-state index is -0.0291. The Hall–Kier alpha value is -3.26. The lowest BCUT2D eigenvalue weighted by molar-refractivity contribution is -0.118. The molecular weight excluding hydrogens is 410 g/mol. The van der Waals surface area contributed by atoms with E-state index in [1.165, 1.54) is 28.3 Å². The highest BCUT2D eigenvalue weighted by Gasteiger charge is 2.14. The molecule has 4 rings (SSSR count). The molecule has 1 amide bonds. The highest BCUT2D eigenvalue weighted by atomic mass is 32.2. The van der Waals surface area contributed by atoms with E-state index in [0.29, 0.717) is 11.7 Å². The van der Waals surface area contributed by atoms with Crippen molar-refractivity contribution in [1.29, 1.82) is 0 Å². The van der Waals surface area contributed by atoms with Gasteiger partial charge in [-0.05, 0) is 49.6 Å². The number of nitrogens with one attached hydrogen (secondary N) is 2. The van der Waals surface area contributed by atoms with Gasteiger partial charge in [-0.3, -0.25) is 9.36 Å². The first kappa shape index (κ1) is 21.0. The summed E-state index contributed by atoms with van der Waals surface area (Å²) in [6.45, 7) is 4.55. The van der Waals surface area contributed by atoms with Crippen LogP contribution in [0.25, 0.3) is 16.6 Å². The first-order chi connectivity index (χ1) is 15.0. The Morgan fingerprint density at radius 1 is 1.19 bits per heavy atom. The van der Waals surface area contributed by atoms with Gasteiger partial charge in [-0.2, -0.15) is 0 Å². The SMILES string of the molecule is COc1cccc(-n2c(C)nnc2SCC(=O)NCCc2c[nH]c3cc(C)ccc23)c1. The number of methoxy groups -OCH3 is 1. The summed E-state index contributed by atoms with van der Waals surface area (Å²) in [5.41, 5.74) is 4.46. The monoisotopic (exact) mass is 435 g/mol. The fourth-order valence-electron chi connectivity index (χ4n) is 3.51. The van der Waals surface area contributed by atoms with Crippen LogP contribution in [-0.2, 0) is 11.2 Å². The number of carbonyl (C=O) groups is 1. The molecule has 0 saturated heterocycles. The second-order valence-corrected chi connectivity index (χ2v) is 8.26. The predicted octanol–water partition coefficient (Wildman–Crippen LogP) is 3.83. The standard InChI is InChI=1S/C23H25N5O2S/c1-15-7-8-20-17(13-25-21(20)11-15)9-10-24-22(29)14-31-23-27-26-16(2)28(23)18-5-4-6-19(12-18)30-3/h4-8,11-13,25H,9-10,14H2,1-3H3,(H,24,29). The maximum absolute atomic E-state index is 12.4. The molecule has 2 heterocycles. The number of rotatable bonds is 8. The Balaban J connectivity index is 1.34. The smallest absolute Gasteiger partial charge is 0.230 e. The van der Waals surface area contributed by atoms with Gasteiger partial charge < -0.3 is 15.0 Å². The first-order valence-corrected chi connectivity index (χ1v) is 11.1. The number of aromatic amines is 1. The molecule has 0 unspecified atom stereocenters. The minimum Gasteiger partial charge on any atom is -0.497 e. The zero-order chi connectivity index (χ0) is 21.8. The molecule has 0 aliphatic carbocycles. The van der Waals surface area contributed by atoms with Crippen LogP contribution in [-0.4, -0.2) is 45.1 Å². The number of aryl methyl sites for hydroxylation is 2. The van der Waals surface area contributed by atoms with E-state index in [4.69, 9.17) is 4.74 Å². The van der Waals surface area contributed by atoms with Crippen LogP contribution in [0, 0.1) is 13.8 Å². The molecule has 0 atom stereocenters. The number of thioether (sulfide) groups is 1. The molecule has 0 bridgehead atoms. The lowest BCUT2D eigenvalue weighted by Crippen LogP contribution is -2.27. The number of carbonyl (C=O) groups excluding carboxylic acids is 1. The molecule has 0 aliphatic heterocycles. The van der Waals surface area contributed by atoms with Crippen molar-refractivity contribution >= 4 is 28.6 Å². The van der Waals surface area contributed by atoms with Gasteiger partial charge in [-0.25, -0.2) is 0 Å². The van der Waals surface area contributed by atoms with Crippen LogP contribution in [0.3, 0.4) is 0 Å². The van der Waals surface area contributed by atoms with E-state index >= 15 is 0 Å². The molecule has 4 aromatic rings. The van der Waals surface area contributed by atoms with Gasteiger partial charge in [0.1, 0.15) is 11.6 Å². The van der Waals surface area contributed by atoms with Crippen LogP contribution in [0.4, 0.5) is 0 Å². The Morgan fingerprint density at radius 2 is 2.06 bits per heavy atom. The summed E-state index contributed by atoms with van der Waals surface area (Å²) in [5.74, 6) is 1.76. The largest absolute Gasteiger partial charge is 0.497 e. The molecule has 0 radical (unpaired) electrons. The second kappa shape index (κ2) is 9.26. The van der Waals surface area contributed by atoms with Gasteiger partial charge >= 0.3 is 0 Å². The summed E-state index contributed by atoms with van der Waals surface area (Å²) in [6, 6.07) is 14.1. The maximum atomic E-state index is 12.4. The summed E-state index contributed by atoms with van der Waals surface area (Å²) in [4.78, 5) is 15.7. The van der Waals surface area contributed by atoms with E-state index in [-0.39, 0.29) is 11.7 Å². The quantitative estimate of drug-likeness (QED) is 0.411. The fourth-order valence-corrected chi connectivity index (χ4v) is 4.34. The zero-order valence-corrected chi connectivity index (χ0v) is 18.6. The predicted molar refractivity (Wildman–Crippen MR) is 123 cm³/mol. The van der Waals surface area contributed by atoms with Gasteiger partial charge in [0.15, 0.2) is 5.16 Å². The van der Waals surface area contributed by atoms with E-state index in [1.807, 2.05) is 42.0 Å². The van der Waals surface area contributed by atoms with Gasteiger partial charge in [0.2, 0.25) is 5.91 Å². The van der Waals surface area contributed by atoms with E-state index < -0.39 is 0 Å². The third-order valence-corrected chi connectivity index (χ3v) is 6.01. The zero-order valence-electron chi connectivity index (χ0n) is 17.8. The van der Waals surface area contributed by atoms with Crippen molar-refractivity contribution in [3.8, 4) is 11.4 Å². The van der Waals surface area contributed by atoms with E-state index in [0.717, 1.165) is 29.2 Å². The minimum absolute atomic E-state index is 0.0291. The average molecular weight is 436 g/mol. The molecule has 0 spiro atoms. The molecule has 0 aliphatic rings. The number of aromatic nitrogens is 4. The van der Waals surface area contributed by atoms with Crippen molar-refractivity contribution in [1.82, 2.24) is 25.1 Å². The third kappa shape index (κ3) is 4.74. The summed E-state index contributed by atoms with van der Waals surface area (Å²) in [6.07, 6.45) is 2.79. The highest BCUT2D eigenvalue weighted by Crippen LogP contribution is 2.24. The number of amides is 1. The number of benzene rings is 2. The number of H-pyrrole nitrogens is 1. The second-order valence-electron chi connectivity index (χ2n) is 7.32. The van der Waals surface area contributed by atoms with Crippen LogP contribution in [0.1, 0.15) is 17.0 Å². The Bertz CT molecular complexity index is 1210. The summed E-state index contributed by atoms with van der Waals surface area (Å²) in [5, 5.41) is 13.3. The number of hydrogen-bond acceptors (Lipinski definition) is 5. The van der Waals surface area contributed by atoms with E-state index in [1.54, 1.807) is 7.11 Å². The van der Waals surface area contributed by atoms with Gasteiger partial charge in [0.25, 0.3) is 0 Å². The number of ether oxygens (including phenoxy) is 1. The Labute approximate surface area is 185 Å². The lowest BCUT2D eigenvalue weighted by Gasteiger charge is -2.10. The van der Waals surface area contributed by atoms with Crippen LogP contribution in [0.2, 0.25) is 0 Å². The van der Waals surface area contributed by atoms with Crippen molar-refractivity contribution in [2.45, 2.75) is 25.4 Å². The summed E-state index contributed by atoms with van der Waals surface area (Å²) < 4.78 is 7.24. The van der Waals surface area contributed by atoms with Crippen molar-refractivity contribution in [3.63, 3.8) is 0 Å². The van der Waals surface area contributed by atoms with Crippen molar-refractivity contribution in [3.05, 3.63) is 65.6 Å². The molecule has 7 nitrogen and oxygen atoms in total. The molecular formula is C23H25N5O2S. The molecule has 0 fully saturated rings. The molecule has 2 aromatic heterocycles. The van der Waals surface area contributed by atoms with Gasteiger partial charge in [-0.15, -0.1) is 10.2 Å². The number of hydrogen-bond donors (Lipinski definition) is 2. The maximum Gasteiger partial charge on any atom is 0.230 e. The van der Waals surface area contributed by atoms with Crippen LogP contribution in [0.15, 0.2) is 53.8 Å². The lowest BCUT2D eigenvalue weighted by atomic mass is 10.1. The fraction of sp³-hybridized carbons (Fsp3) is 0.261.